The minimum atomic E-state index is -4.92. The van der Waals surface area contributed by atoms with E-state index in [-0.39, 0.29) is 21.2 Å². The van der Waals surface area contributed by atoms with Gasteiger partial charge in [-0.25, -0.2) is 0 Å². The number of benzene rings is 1. The predicted octanol–water partition coefficient (Wildman–Crippen LogP) is 4.94. The number of halogens is 5. The fourth-order valence-electron chi connectivity index (χ4n) is 2.33. The summed E-state index contributed by atoms with van der Waals surface area (Å²) < 4.78 is 40.8. The van der Waals surface area contributed by atoms with Crippen LogP contribution in [-0.2, 0) is 5.60 Å². The number of pyridine rings is 1. The molecule has 7 heteroatoms. The molecule has 2 atom stereocenters. The van der Waals surface area contributed by atoms with Gasteiger partial charge in [0.2, 0.25) is 0 Å². The van der Waals surface area contributed by atoms with E-state index in [4.69, 9.17) is 23.2 Å². The summed E-state index contributed by atoms with van der Waals surface area (Å²) in [7, 11) is 0. The van der Waals surface area contributed by atoms with Crippen molar-refractivity contribution < 1.29 is 18.3 Å². The quantitative estimate of drug-likeness (QED) is 0.850. The van der Waals surface area contributed by atoms with Crippen molar-refractivity contribution in [1.82, 2.24) is 4.98 Å². The molecule has 22 heavy (non-hydrogen) atoms. The van der Waals surface area contributed by atoms with Crippen molar-refractivity contribution in [2.75, 3.05) is 0 Å². The maximum absolute atomic E-state index is 13.6. The van der Waals surface area contributed by atoms with Gasteiger partial charge in [-0.05, 0) is 17.7 Å². The molecule has 0 bridgehead atoms. The van der Waals surface area contributed by atoms with Gasteiger partial charge >= 0.3 is 6.18 Å². The van der Waals surface area contributed by atoms with Crippen molar-refractivity contribution in [2.24, 2.45) is 0 Å². The van der Waals surface area contributed by atoms with Crippen LogP contribution in [0.2, 0.25) is 10.0 Å². The van der Waals surface area contributed by atoms with Crippen molar-refractivity contribution in [1.29, 1.82) is 0 Å². The Kier molecular flexibility index (Phi) is 4.70. The first-order valence-electron chi connectivity index (χ1n) is 6.33. The van der Waals surface area contributed by atoms with Crippen LogP contribution < -0.4 is 0 Å². The van der Waals surface area contributed by atoms with Crippen molar-refractivity contribution in [3.63, 3.8) is 0 Å². The van der Waals surface area contributed by atoms with Crippen LogP contribution in [0.1, 0.15) is 24.0 Å². The van der Waals surface area contributed by atoms with Crippen LogP contribution in [0.4, 0.5) is 13.2 Å². The Hall–Kier alpha value is -1.30. The van der Waals surface area contributed by atoms with E-state index in [2.05, 4.69) is 4.98 Å². The highest BCUT2D eigenvalue weighted by Gasteiger charge is 2.59. The van der Waals surface area contributed by atoms with Crippen LogP contribution in [0, 0.1) is 0 Å². The molecule has 0 saturated heterocycles. The van der Waals surface area contributed by atoms with E-state index < -0.39 is 17.7 Å². The molecular formula is C15H12Cl2F3NO. The summed E-state index contributed by atoms with van der Waals surface area (Å²) >= 11 is 11.9. The highest BCUT2D eigenvalue weighted by Crippen LogP contribution is 2.50. The summed E-state index contributed by atoms with van der Waals surface area (Å²) in [4.78, 5) is 3.66. The van der Waals surface area contributed by atoms with Crippen LogP contribution in [0.25, 0.3) is 0 Å². The summed E-state index contributed by atoms with van der Waals surface area (Å²) in [5.74, 6) is -1.37. The highest BCUT2D eigenvalue weighted by molar-refractivity contribution is 6.42. The third kappa shape index (κ3) is 2.81. The Balaban J connectivity index is 2.63. The molecule has 0 aliphatic carbocycles. The normalized spacial score (nSPS) is 16.1. The molecule has 2 unspecified atom stereocenters. The van der Waals surface area contributed by atoms with Gasteiger partial charge in [-0.2, -0.15) is 13.2 Å². The Bertz CT molecular complexity index is 664. The van der Waals surface area contributed by atoms with Gasteiger partial charge in [-0.1, -0.05) is 48.3 Å². The maximum atomic E-state index is 13.6. The van der Waals surface area contributed by atoms with Gasteiger partial charge in [-0.15, -0.1) is 0 Å². The third-order valence-electron chi connectivity index (χ3n) is 3.61. The van der Waals surface area contributed by atoms with Crippen LogP contribution in [-0.4, -0.2) is 16.3 Å². The van der Waals surface area contributed by atoms with E-state index in [9.17, 15) is 18.3 Å². The number of nitrogens with zero attached hydrogens (tertiary/aromatic N) is 1. The molecule has 0 aliphatic heterocycles. The van der Waals surface area contributed by atoms with E-state index in [1.807, 2.05) is 0 Å². The second kappa shape index (κ2) is 6.07. The maximum Gasteiger partial charge on any atom is 0.422 e. The van der Waals surface area contributed by atoms with E-state index >= 15 is 0 Å². The predicted molar refractivity (Wildman–Crippen MR) is 79.1 cm³/mol. The lowest BCUT2D eigenvalue weighted by atomic mass is 9.78. The zero-order valence-electron chi connectivity index (χ0n) is 11.4. The molecule has 0 saturated carbocycles. The second-order valence-electron chi connectivity index (χ2n) is 4.87. The zero-order valence-corrected chi connectivity index (χ0v) is 12.9. The lowest BCUT2D eigenvalue weighted by molar-refractivity contribution is -0.274. The van der Waals surface area contributed by atoms with Crippen LogP contribution in [0.3, 0.4) is 0 Å². The van der Waals surface area contributed by atoms with Gasteiger partial charge in [0.1, 0.15) is 0 Å². The summed E-state index contributed by atoms with van der Waals surface area (Å²) in [5, 5.41) is 10.6. The highest BCUT2D eigenvalue weighted by atomic mass is 35.5. The van der Waals surface area contributed by atoms with Gasteiger partial charge in [0.25, 0.3) is 0 Å². The van der Waals surface area contributed by atoms with Crippen LogP contribution >= 0.6 is 23.2 Å². The van der Waals surface area contributed by atoms with Crippen molar-refractivity contribution in [2.45, 2.75) is 24.6 Å². The van der Waals surface area contributed by atoms with Crippen LogP contribution in [0.5, 0.6) is 0 Å². The largest absolute Gasteiger partial charge is 0.422 e. The molecule has 0 spiro atoms. The Morgan fingerprint density at radius 3 is 2.36 bits per heavy atom. The Morgan fingerprint density at radius 1 is 1.14 bits per heavy atom. The summed E-state index contributed by atoms with van der Waals surface area (Å²) in [5.41, 5.74) is -3.38. The lowest BCUT2D eigenvalue weighted by Gasteiger charge is -2.36. The SMILES string of the molecule is CC(c1cccc(Cl)c1Cl)C(O)(c1cccnc1)C(F)(F)F. The summed E-state index contributed by atoms with van der Waals surface area (Å²) in [6, 6.07) is 6.87. The average molecular weight is 350 g/mol. The molecule has 1 aromatic carbocycles. The number of rotatable bonds is 3. The zero-order chi connectivity index (χ0) is 16.5. The molecule has 2 nitrogen and oxygen atoms in total. The first-order chi connectivity index (χ1) is 10.2. The first kappa shape index (κ1) is 17.1. The van der Waals surface area contributed by atoms with Crippen molar-refractivity contribution >= 4 is 23.2 Å². The van der Waals surface area contributed by atoms with Gasteiger partial charge in [0.15, 0.2) is 5.60 Å². The molecule has 0 aliphatic rings. The molecule has 0 fully saturated rings. The van der Waals surface area contributed by atoms with Gasteiger partial charge in [0.05, 0.1) is 10.0 Å². The number of aromatic nitrogens is 1. The molecular weight excluding hydrogens is 338 g/mol. The van der Waals surface area contributed by atoms with E-state index in [0.717, 1.165) is 6.20 Å². The monoisotopic (exact) mass is 349 g/mol. The molecule has 2 aromatic rings. The minimum absolute atomic E-state index is 0.0109. The minimum Gasteiger partial charge on any atom is -0.376 e. The topological polar surface area (TPSA) is 33.1 Å². The molecule has 1 aromatic heterocycles. The third-order valence-corrected chi connectivity index (χ3v) is 4.44. The summed E-state index contributed by atoms with van der Waals surface area (Å²) in [6.07, 6.45) is -2.60. The van der Waals surface area contributed by atoms with E-state index in [1.165, 1.54) is 43.5 Å². The number of hydrogen-bond acceptors (Lipinski definition) is 2. The first-order valence-corrected chi connectivity index (χ1v) is 7.08. The fraction of sp³-hybridized carbons (Fsp3) is 0.267. The number of aliphatic hydroxyl groups is 1. The summed E-state index contributed by atoms with van der Waals surface area (Å²) in [6.45, 7) is 1.25. The molecule has 0 radical (unpaired) electrons. The van der Waals surface area contributed by atoms with E-state index in [1.54, 1.807) is 0 Å². The fourth-order valence-corrected chi connectivity index (χ4v) is 2.80. The second-order valence-corrected chi connectivity index (χ2v) is 5.66. The molecule has 2 rings (SSSR count). The van der Waals surface area contributed by atoms with Gasteiger partial charge in [-0.3, -0.25) is 4.98 Å². The molecule has 118 valence electrons. The lowest BCUT2D eigenvalue weighted by Crippen LogP contribution is -2.46. The molecule has 1 N–H and O–H groups in total. The molecule has 0 amide bonds. The smallest absolute Gasteiger partial charge is 0.376 e. The average Bonchev–Trinajstić information content (AvgIpc) is 2.48. The van der Waals surface area contributed by atoms with Gasteiger partial charge < -0.3 is 5.11 Å². The standard InChI is InChI=1S/C15H12Cl2F3NO/c1-9(11-5-2-6-12(16)13(11)17)14(22,15(18,19)20)10-4-3-7-21-8-10/h2-9,22H,1H3. The van der Waals surface area contributed by atoms with E-state index in [0.29, 0.717) is 0 Å². The van der Waals surface area contributed by atoms with Crippen LogP contribution in [0.15, 0.2) is 42.7 Å². The van der Waals surface area contributed by atoms with Gasteiger partial charge in [0, 0.05) is 23.9 Å². The Labute approximate surface area is 135 Å². The molecule has 1 heterocycles. The Morgan fingerprint density at radius 2 is 1.82 bits per heavy atom. The number of hydrogen-bond donors (Lipinski definition) is 1. The van der Waals surface area contributed by atoms with Crippen molar-refractivity contribution in [3.05, 3.63) is 63.9 Å². The van der Waals surface area contributed by atoms with Crippen molar-refractivity contribution in [3.8, 4) is 0 Å². The number of alkyl halides is 3.